The van der Waals surface area contributed by atoms with Crippen molar-refractivity contribution < 1.29 is 9.59 Å². The Balaban J connectivity index is 2.10. The van der Waals surface area contributed by atoms with Crippen LogP contribution in [0.4, 0.5) is 5.69 Å². The zero-order valence-electron chi connectivity index (χ0n) is 11.0. The van der Waals surface area contributed by atoms with E-state index in [-0.39, 0.29) is 22.7 Å². The number of nitrogens with zero attached hydrogens (tertiary/aromatic N) is 1. The predicted molar refractivity (Wildman–Crippen MR) is 78.7 cm³/mol. The van der Waals surface area contributed by atoms with E-state index in [1.165, 1.54) is 0 Å². The molecule has 5 heteroatoms. The molecule has 1 aromatic rings. The molecule has 102 valence electrons. The Kier molecular flexibility index (Phi) is 4.24. The van der Waals surface area contributed by atoms with Crippen LogP contribution in [0.3, 0.4) is 0 Å². The number of halogens is 1. The van der Waals surface area contributed by atoms with Crippen LogP contribution in [0.5, 0.6) is 0 Å². The Labute approximate surface area is 121 Å². The zero-order valence-corrected chi connectivity index (χ0v) is 12.6. The largest absolute Gasteiger partial charge is 0.350 e. The second-order valence-electron chi connectivity index (χ2n) is 4.98. The first-order valence-electron chi connectivity index (χ1n) is 6.32. The fourth-order valence-corrected chi connectivity index (χ4v) is 2.62. The highest BCUT2D eigenvalue weighted by molar-refractivity contribution is 9.09. The first-order valence-corrected chi connectivity index (χ1v) is 7.24. The van der Waals surface area contributed by atoms with Crippen LogP contribution in [0.15, 0.2) is 24.3 Å². The summed E-state index contributed by atoms with van der Waals surface area (Å²) in [6.07, 6.45) is 0.523. The minimum absolute atomic E-state index is 0.0901. The van der Waals surface area contributed by atoms with Crippen molar-refractivity contribution in [2.75, 3.05) is 11.4 Å². The number of benzene rings is 1. The molecular formula is C14H17BrN2O2. The second-order valence-corrected chi connectivity index (χ2v) is 6.28. The Hall–Kier alpha value is -1.36. The van der Waals surface area contributed by atoms with Crippen LogP contribution in [0.25, 0.3) is 0 Å². The fraction of sp³-hybridized carbons (Fsp3) is 0.429. The number of hydrogen-bond acceptors (Lipinski definition) is 2. The first kappa shape index (κ1) is 14.1. The van der Waals surface area contributed by atoms with Crippen LogP contribution in [-0.2, 0) is 4.79 Å². The first-order chi connectivity index (χ1) is 8.97. The quantitative estimate of drug-likeness (QED) is 0.867. The maximum atomic E-state index is 11.8. The summed E-state index contributed by atoms with van der Waals surface area (Å²) in [5, 5.41) is 2.84. The van der Waals surface area contributed by atoms with E-state index in [4.69, 9.17) is 0 Å². The number of amides is 2. The number of alkyl halides is 1. The van der Waals surface area contributed by atoms with E-state index in [1.54, 1.807) is 17.0 Å². The SMILES string of the molecule is CC(C)NC(=O)c1ccc(N2CC(Br)CC2=O)cc1. The molecule has 1 unspecified atom stereocenters. The molecule has 1 heterocycles. The van der Waals surface area contributed by atoms with Gasteiger partial charge in [-0.2, -0.15) is 0 Å². The van der Waals surface area contributed by atoms with Crippen molar-refractivity contribution in [2.24, 2.45) is 0 Å². The normalized spacial score (nSPS) is 19.1. The molecule has 19 heavy (non-hydrogen) atoms. The summed E-state index contributed by atoms with van der Waals surface area (Å²) in [5.41, 5.74) is 1.45. The van der Waals surface area contributed by atoms with Crippen LogP contribution in [-0.4, -0.2) is 29.2 Å². The summed E-state index contributed by atoms with van der Waals surface area (Å²) in [6, 6.07) is 7.25. The fourth-order valence-electron chi connectivity index (χ4n) is 2.05. The Morgan fingerprint density at radius 1 is 1.37 bits per heavy atom. The lowest BCUT2D eigenvalue weighted by atomic mass is 10.1. The summed E-state index contributed by atoms with van der Waals surface area (Å²) < 4.78 is 0. The number of rotatable bonds is 3. The molecule has 2 amide bonds. The van der Waals surface area contributed by atoms with Gasteiger partial charge in [0, 0.05) is 35.1 Å². The van der Waals surface area contributed by atoms with Crippen LogP contribution in [0, 0.1) is 0 Å². The van der Waals surface area contributed by atoms with E-state index < -0.39 is 0 Å². The van der Waals surface area contributed by atoms with Crippen LogP contribution >= 0.6 is 15.9 Å². The maximum Gasteiger partial charge on any atom is 0.251 e. The number of hydrogen-bond donors (Lipinski definition) is 1. The Morgan fingerprint density at radius 3 is 2.47 bits per heavy atom. The molecule has 1 N–H and O–H groups in total. The van der Waals surface area contributed by atoms with Gasteiger partial charge in [0.1, 0.15) is 0 Å². The molecule has 0 bridgehead atoms. The third-order valence-electron chi connectivity index (χ3n) is 2.94. The lowest BCUT2D eigenvalue weighted by Crippen LogP contribution is -2.30. The second kappa shape index (κ2) is 5.74. The van der Waals surface area contributed by atoms with Crippen LogP contribution < -0.4 is 10.2 Å². The number of nitrogens with one attached hydrogen (secondary N) is 1. The van der Waals surface area contributed by atoms with Crippen molar-refractivity contribution in [3.05, 3.63) is 29.8 Å². The van der Waals surface area contributed by atoms with Gasteiger partial charge in [0.25, 0.3) is 5.91 Å². The monoisotopic (exact) mass is 324 g/mol. The molecular weight excluding hydrogens is 308 g/mol. The van der Waals surface area contributed by atoms with Gasteiger partial charge in [-0.1, -0.05) is 15.9 Å². The van der Waals surface area contributed by atoms with Crippen LogP contribution in [0.2, 0.25) is 0 Å². The van der Waals surface area contributed by atoms with Gasteiger partial charge in [0.15, 0.2) is 0 Å². The van der Waals surface area contributed by atoms with Crippen molar-refractivity contribution >= 4 is 33.4 Å². The van der Waals surface area contributed by atoms with E-state index in [2.05, 4.69) is 21.2 Å². The summed E-state index contributed by atoms with van der Waals surface area (Å²) in [5.74, 6) is 0.0222. The topological polar surface area (TPSA) is 49.4 Å². The molecule has 1 fully saturated rings. The third-order valence-corrected chi connectivity index (χ3v) is 3.55. The molecule has 0 radical (unpaired) electrons. The highest BCUT2D eigenvalue weighted by atomic mass is 79.9. The van der Waals surface area contributed by atoms with Gasteiger partial charge in [-0.25, -0.2) is 0 Å². The van der Waals surface area contributed by atoms with Gasteiger partial charge < -0.3 is 10.2 Å². The Morgan fingerprint density at radius 2 is 2.00 bits per heavy atom. The van der Waals surface area contributed by atoms with Gasteiger partial charge in [0.05, 0.1) is 0 Å². The molecule has 1 aromatic carbocycles. The minimum atomic E-state index is -0.0901. The average molecular weight is 325 g/mol. The van der Waals surface area contributed by atoms with E-state index in [0.717, 1.165) is 5.69 Å². The van der Waals surface area contributed by atoms with E-state index >= 15 is 0 Å². The van der Waals surface area contributed by atoms with E-state index in [9.17, 15) is 9.59 Å². The Bertz CT molecular complexity index is 485. The molecule has 1 aliphatic rings. The van der Waals surface area contributed by atoms with Gasteiger partial charge in [-0.3, -0.25) is 9.59 Å². The van der Waals surface area contributed by atoms with Gasteiger partial charge in [0.2, 0.25) is 5.91 Å². The molecule has 0 aliphatic carbocycles. The summed E-state index contributed by atoms with van der Waals surface area (Å²) in [7, 11) is 0. The average Bonchev–Trinajstić information content (AvgIpc) is 2.68. The number of anilines is 1. The standard InChI is InChI=1S/C14H17BrN2O2/c1-9(2)16-14(19)10-3-5-12(6-4-10)17-8-11(15)7-13(17)18/h3-6,9,11H,7-8H2,1-2H3,(H,16,19). The maximum absolute atomic E-state index is 11.8. The molecule has 1 aliphatic heterocycles. The molecule has 0 aromatic heterocycles. The van der Waals surface area contributed by atoms with Gasteiger partial charge >= 0.3 is 0 Å². The lowest BCUT2D eigenvalue weighted by molar-refractivity contribution is -0.117. The van der Waals surface area contributed by atoms with Crippen molar-refractivity contribution in [3.8, 4) is 0 Å². The van der Waals surface area contributed by atoms with Crippen molar-refractivity contribution in [2.45, 2.75) is 31.1 Å². The molecule has 0 saturated carbocycles. The van der Waals surface area contributed by atoms with Crippen molar-refractivity contribution in [1.29, 1.82) is 0 Å². The number of carbonyl (C=O) groups excluding carboxylic acids is 2. The number of carbonyl (C=O) groups is 2. The molecule has 1 saturated heterocycles. The molecule has 4 nitrogen and oxygen atoms in total. The van der Waals surface area contributed by atoms with Crippen LogP contribution in [0.1, 0.15) is 30.6 Å². The lowest BCUT2D eigenvalue weighted by Gasteiger charge is -2.16. The molecule has 2 rings (SSSR count). The summed E-state index contributed by atoms with van der Waals surface area (Å²) in [4.78, 5) is 25.5. The summed E-state index contributed by atoms with van der Waals surface area (Å²) >= 11 is 3.45. The minimum Gasteiger partial charge on any atom is -0.350 e. The van der Waals surface area contributed by atoms with Crippen molar-refractivity contribution in [1.82, 2.24) is 5.32 Å². The molecule has 0 spiro atoms. The van der Waals surface area contributed by atoms with E-state index in [1.807, 2.05) is 26.0 Å². The van der Waals surface area contributed by atoms with Crippen molar-refractivity contribution in [3.63, 3.8) is 0 Å². The van der Waals surface area contributed by atoms with Gasteiger partial charge in [-0.15, -0.1) is 0 Å². The highest BCUT2D eigenvalue weighted by Crippen LogP contribution is 2.25. The smallest absolute Gasteiger partial charge is 0.251 e. The van der Waals surface area contributed by atoms with Gasteiger partial charge in [-0.05, 0) is 38.1 Å². The predicted octanol–water partition coefficient (Wildman–Crippen LogP) is 2.33. The zero-order chi connectivity index (χ0) is 14.0. The highest BCUT2D eigenvalue weighted by Gasteiger charge is 2.28. The van der Waals surface area contributed by atoms with E-state index in [0.29, 0.717) is 18.5 Å². The summed E-state index contributed by atoms with van der Waals surface area (Å²) in [6.45, 7) is 4.52. The molecule has 1 atom stereocenters. The third kappa shape index (κ3) is 3.35.